The molecule has 6 nitrogen and oxygen atoms in total. The molecule has 2 aromatic carbocycles. The SMILES string of the molecule is C[C@H](OC(=O)C[C@H]1Sc2ccccc2NC1=O)C(=O)Nc1cccc(F)c1. The number of amides is 2. The van der Waals surface area contributed by atoms with Crippen LogP contribution in [-0.2, 0) is 19.1 Å². The van der Waals surface area contributed by atoms with Gasteiger partial charge in [-0.05, 0) is 37.3 Å². The van der Waals surface area contributed by atoms with Gasteiger partial charge < -0.3 is 15.4 Å². The number of carbonyl (C=O) groups excluding carboxylic acids is 3. The summed E-state index contributed by atoms with van der Waals surface area (Å²) in [7, 11) is 0. The minimum absolute atomic E-state index is 0.164. The number of carbonyl (C=O) groups is 3. The molecule has 2 aromatic rings. The number of esters is 1. The van der Waals surface area contributed by atoms with Gasteiger partial charge in [-0.25, -0.2) is 4.39 Å². The van der Waals surface area contributed by atoms with Crippen LogP contribution in [0.5, 0.6) is 0 Å². The van der Waals surface area contributed by atoms with Gasteiger partial charge in [-0.2, -0.15) is 0 Å². The van der Waals surface area contributed by atoms with E-state index in [9.17, 15) is 18.8 Å². The van der Waals surface area contributed by atoms with Gasteiger partial charge in [0.2, 0.25) is 5.91 Å². The number of ether oxygens (including phenoxy) is 1. The van der Waals surface area contributed by atoms with Gasteiger partial charge in [0.25, 0.3) is 5.91 Å². The summed E-state index contributed by atoms with van der Waals surface area (Å²) in [6.07, 6.45) is -1.24. The van der Waals surface area contributed by atoms with Crippen molar-refractivity contribution < 1.29 is 23.5 Å². The molecule has 0 saturated carbocycles. The summed E-state index contributed by atoms with van der Waals surface area (Å²) in [5, 5.41) is 4.59. The number of fused-ring (bicyclic) bond motifs is 1. The maximum absolute atomic E-state index is 13.2. The summed E-state index contributed by atoms with van der Waals surface area (Å²) in [4.78, 5) is 37.2. The molecular formula is C19H17FN2O4S. The first-order valence-electron chi connectivity index (χ1n) is 8.25. The third kappa shape index (κ3) is 4.85. The highest BCUT2D eigenvalue weighted by Crippen LogP contribution is 2.36. The van der Waals surface area contributed by atoms with Crippen molar-refractivity contribution in [1.82, 2.24) is 0 Å². The summed E-state index contributed by atoms with van der Waals surface area (Å²) in [5.41, 5.74) is 0.974. The summed E-state index contributed by atoms with van der Waals surface area (Å²) in [6, 6.07) is 12.7. The molecule has 1 aliphatic rings. The van der Waals surface area contributed by atoms with Gasteiger partial charge in [-0.1, -0.05) is 18.2 Å². The molecule has 0 aliphatic carbocycles. The van der Waals surface area contributed by atoms with E-state index >= 15 is 0 Å². The van der Waals surface area contributed by atoms with Gasteiger partial charge in [0.05, 0.1) is 17.4 Å². The highest BCUT2D eigenvalue weighted by molar-refractivity contribution is 8.01. The molecule has 0 radical (unpaired) electrons. The van der Waals surface area contributed by atoms with Crippen LogP contribution in [0.1, 0.15) is 13.3 Å². The van der Waals surface area contributed by atoms with Gasteiger partial charge in [0, 0.05) is 10.6 Å². The number of rotatable bonds is 5. The Bertz CT molecular complexity index is 890. The topological polar surface area (TPSA) is 84.5 Å². The van der Waals surface area contributed by atoms with Gasteiger partial charge in [-0.15, -0.1) is 11.8 Å². The maximum atomic E-state index is 13.2. The lowest BCUT2D eigenvalue weighted by Crippen LogP contribution is -2.34. The lowest BCUT2D eigenvalue weighted by Gasteiger charge is -2.23. The molecular weight excluding hydrogens is 371 g/mol. The molecule has 2 N–H and O–H groups in total. The zero-order chi connectivity index (χ0) is 19.4. The van der Waals surface area contributed by atoms with Crippen LogP contribution in [0, 0.1) is 5.82 Å². The van der Waals surface area contributed by atoms with E-state index in [1.54, 1.807) is 6.07 Å². The second-order valence-electron chi connectivity index (χ2n) is 5.93. The lowest BCUT2D eigenvalue weighted by molar-refractivity contribution is -0.153. The molecule has 1 heterocycles. The maximum Gasteiger partial charge on any atom is 0.308 e. The van der Waals surface area contributed by atoms with E-state index in [4.69, 9.17) is 4.74 Å². The van der Waals surface area contributed by atoms with Crippen LogP contribution >= 0.6 is 11.8 Å². The fraction of sp³-hybridized carbons (Fsp3) is 0.211. The Morgan fingerprint density at radius 3 is 2.81 bits per heavy atom. The molecule has 3 rings (SSSR count). The quantitative estimate of drug-likeness (QED) is 0.769. The number of halogens is 1. The number of thioether (sulfide) groups is 1. The fourth-order valence-corrected chi connectivity index (χ4v) is 3.58. The van der Waals surface area contributed by atoms with E-state index in [-0.39, 0.29) is 18.0 Å². The second kappa shape index (κ2) is 8.22. The van der Waals surface area contributed by atoms with Crippen molar-refractivity contribution >= 4 is 40.9 Å². The Morgan fingerprint density at radius 1 is 1.26 bits per heavy atom. The Morgan fingerprint density at radius 2 is 2.04 bits per heavy atom. The zero-order valence-corrected chi connectivity index (χ0v) is 15.2. The number of para-hydroxylation sites is 1. The first kappa shape index (κ1) is 18.9. The van der Waals surface area contributed by atoms with Gasteiger partial charge in [-0.3, -0.25) is 14.4 Å². The summed E-state index contributed by atoms with van der Waals surface area (Å²) in [6.45, 7) is 1.41. The van der Waals surface area contributed by atoms with E-state index < -0.39 is 29.0 Å². The fourth-order valence-electron chi connectivity index (χ4n) is 2.49. The van der Waals surface area contributed by atoms with Gasteiger partial charge >= 0.3 is 5.97 Å². The van der Waals surface area contributed by atoms with Crippen LogP contribution in [0.2, 0.25) is 0 Å². The summed E-state index contributed by atoms with van der Waals surface area (Å²) >= 11 is 1.28. The van der Waals surface area contributed by atoms with Crippen LogP contribution < -0.4 is 10.6 Å². The molecule has 0 unspecified atom stereocenters. The number of nitrogens with one attached hydrogen (secondary N) is 2. The molecule has 0 saturated heterocycles. The Kier molecular flexibility index (Phi) is 5.75. The number of benzene rings is 2. The molecule has 8 heteroatoms. The molecule has 2 amide bonds. The van der Waals surface area contributed by atoms with Crippen molar-refractivity contribution in [1.29, 1.82) is 0 Å². The molecule has 0 fully saturated rings. The third-order valence-corrected chi connectivity index (χ3v) is 5.10. The van der Waals surface area contributed by atoms with Gasteiger partial charge in [0.1, 0.15) is 5.82 Å². The van der Waals surface area contributed by atoms with Crippen molar-refractivity contribution in [2.75, 3.05) is 10.6 Å². The van der Waals surface area contributed by atoms with E-state index in [0.717, 1.165) is 11.0 Å². The van der Waals surface area contributed by atoms with Crippen LogP contribution in [0.4, 0.5) is 15.8 Å². The predicted molar refractivity (Wildman–Crippen MR) is 99.9 cm³/mol. The summed E-state index contributed by atoms with van der Waals surface area (Å²) < 4.78 is 18.3. The highest BCUT2D eigenvalue weighted by atomic mass is 32.2. The molecule has 0 spiro atoms. The smallest absolute Gasteiger partial charge is 0.308 e. The van der Waals surface area contributed by atoms with Crippen LogP contribution in [0.25, 0.3) is 0 Å². The zero-order valence-electron chi connectivity index (χ0n) is 14.4. The van der Waals surface area contributed by atoms with Crippen molar-refractivity contribution in [3.8, 4) is 0 Å². The minimum atomic E-state index is -1.08. The van der Waals surface area contributed by atoms with Crippen LogP contribution in [0.15, 0.2) is 53.4 Å². The average molecular weight is 388 g/mol. The van der Waals surface area contributed by atoms with Crippen molar-refractivity contribution in [3.05, 3.63) is 54.3 Å². The average Bonchev–Trinajstić information content (AvgIpc) is 2.62. The molecule has 2 atom stereocenters. The van der Waals surface area contributed by atoms with Gasteiger partial charge in [0.15, 0.2) is 6.10 Å². The molecule has 27 heavy (non-hydrogen) atoms. The number of anilines is 2. The van der Waals surface area contributed by atoms with E-state index in [0.29, 0.717) is 5.69 Å². The molecule has 1 aliphatic heterocycles. The van der Waals surface area contributed by atoms with E-state index in [2.05, 4.69) is 10.6 Å². The standard InChI is InChI=1S/C19H17FN2O4S/c1-11(18(24)21-13-6-4-5-12(20)9-13)26-17(23)10-16-19(25)22-14-7-2-3-8-15(14)27-16/h2-9,11,16H,10H2,1H3,(H,21,24)(H,22,25)/t11-,16+/m0/s1. The summed E-state index contributed by atoms with van der Waals surface area (Å²) in [5.74, 6) is -2.02. The predicted octanol–water partition coefficient (Wildman–Crippen LogP) is 3.20. The molecule has 0 bridgehead atoms. The van der Waals surface area contributed by atoms with Crippen LogP contribution in [0.3, 0.4) is 0 Å². The Hall–Kier alpha value is -2.87. The number of hydrogen-bond acceptors (Lipinski definition) is 5. The molecule has 140 valence electrons. The van der Waals surface area contributed by atoms with Crippen molar-refractivity contribution in [2.45, 2.75) is 29.6 Å². The first-order chi connectivity index (χ1) is 12.9. The van der Waals surface area contributed by atoms with E-state index in [1.165, 1.54) is 36.9 Å². The molecule has 0 aromatic heterocycles. The first-order valence-corrected chi connectivity index (χ1v) is 9.13. The van der Waals surface area contributed by atoms with Crippen molar-refractivity contribution in [3.63, 3.8) is 0 Å². The Labute approximate surface area is 159 Å². The normalized spacial score (nSPS) is 16.7. The minimum Gasteiger partial charge on any atom is -0.452 e. The lowest BCUT2D eigenvalue weighted by atomic mass is 10.2. The monoisotopic (exact) mass is 388 g/mol. The second-order valence-corrected chi connectivity index (χ2v) is 7.17. The third-order valence-electron chi connectivity index (χ3n) is 3.83. The van der Waals surface area contributed by atoms with E-state index in [1.807, 2.05) is 18.2 Å². The van der Waals surface area contributed by atoms with Crippen molar-refractivity contribution in [2.24, 2.45) is 0 Å². The highest BCUT2D eigenvalue weighted by Gasteiger charge is 2.30. The largest absolute Gasteiger partial charge is 0.452 e. The van der Waals surface area contributed by atoms with Crippen LogP contribution in [-0.4, -0.2) is 29.1 Å². The Balaban J connectivity index is 1.54. The number of hydrogen-bond donors (Lipinski definition) is 2.